The van der Waals surface area contributed by atoms with E-state index in [1.807, 2.05) is 0 Å². The van der Waals surface area contributed by atoms with Gasteiger partial charge in [0, 0.05) is 37.2 Å². The Balaban J connectivity index is 1.50. The van der Waals surface area contributed by atoms with Gasteiger partial charge in [0.25, 0.3) is 0 Å². The van der Waals surface area contributed by atoms with Crippen LogP contribution in [0.15, 0.2) is 52.4 Å². The first-order valence-corrected chi connectivity index (χ1v) is 11.2. The molecule has 31 heavy (non-hydrogen) atoms. The van der Waals surface area contributed by atoms with E-state index in [1.165, 1.54) is 42.1 Å². The smallest absolute Gasteiger partial charge is 0.234 e. The van der Waals surface area contributed by atoms with Crippen LogP contribution in [0.2, 0.25) is 5.02 Å². The molecule has 0 bridgehead atoms. The number of carbonyl (C=O) groups excluding carboxylic acids is 1. The highest BCUT2D eigenvalue weighted by Gasteiger charge is 2.39. The molecule has 0 aromatic heterocycles. The van der Waals surface area contributed by atoms with Gasteiger partial charge < -0.3 is 10.2 Å². The van der Waals surface area contributed by atoms with Gasteiger partial charge in [0.15, 0.2) is 5.66 Å². The van der Waals surface area contributed by atoms with Crippen LogP contribution in [-0.4, -0.2) is 53.1 Å². The zero-order chi connectivity index (χ0) is 22.0. The van der Waals surface area contributed by atoms with Crippen molar-refractivity contribution in [1.82, 2.24) is 4.90 Å². The maximum Gasteiger partial charge on any atom is 0.234 e. The van der Waals surface area contributed by atoms with Gasteiger partial charge in [-0.1, -0.05) is 23.4 Å². The van der Waals surface area contributed by atoms with Crippen LogP contribution in [0.25, 0.3) is 0 Å². The number of carbonyl (C=O) groups is 1. The summed E-state index contributed by atoms with van der Waals surface area (Å²) in [6, 6.07) is 10.2. The van der Waals surface area contributed by atoms with Gasteiger partial charge in [-0.2, -0.15) is 0 Å². The van der Waals surface area contributed by atoms with E-state index in [2.05, 4.69) is 17.3 Å². The number of halogens is 3. The summed E-state index contributed by atoms with van der Waals surface area (Å²) in [6.07, 6.45) is 1.58. The fourth-order valence-electron chi connectivity index (χ4n) is 3.52. The molecule has 1 spiro atoms. The summed E-state index contributed by atoms with van der Waals surface area (Å²) < 4.78 is 26.7. The fourth-order valence-corrected chi connectivity index (χ4v) is 4.58. The molecule has 2 aromatic carbocycles. The van der Waals surface area contributed by atoms with Crippen molar-refractivity contribution < 1.29 is 13.6 Å². The van der Waals surface area contributed by atoms with Crippen molar-refractivity contribution >= 4 is 45.7 Å². The lowest BCUT2D eigenvalue weighted by atomic mass is 9.99. The van der Waals surface area contributed by atoms with Gasteiger partial charge in [-0.25, -0.2) is 13.8 Å². The molecule has 1 fully saturated rings. The van der Waals surface area contributed by atoms with Crippen LogP contribution in [0.5, 0.6) is 0 Å². The molecule has 2 aromatic rings. The summed E-state index contributed by atoms with van der Waals surface area (Å²) in [5.41, 5.74) is 1.35. The molecule has 0 atom stereocenters. The highest BCUT2D eigenvalue weighted by molar-refractivity contribution is 8.16. The standard InChI is InChI=1S/C22H21ClF2N4OS/c1-29-10-8-22(9-11-29)27-20(14-2-4-15(24)5-3-14)21(28-22)31-13-19(30)26-16-6-7-18(25)17(23)12-16/h2-7,12H,8-11,13H2,1H3,(H,26,30). The summed E-state index contributed by atoms with van der Waals surface area (Å²) in [5, 5.41) is 3.33. The monoisotopic (exact) mass is 462 g/mol. The molecule has 9 heteroatoms. The van der Waals surface area contributed by atoms with Crippen molar-refractivity contribution in [2.24, 2.45) is 9.98 Å². The number of nitrogens with zero attached hydrogens (tertiary/aromatic N) is 3. The molecular weight excluding hydrogens is 442 g/mol. The average molecular weight is 463 g/mol. The van der Waals surface area contributed by atoms with Crippen molar-refractivity contribution in [2.75, 3.05) is 31.2 Å². The van der Waals surface area contributed by atoms with Gasteiger partial charge in [0.05, 0.1) is 16.5 Å². The van der Waals surface area contributed by atoms with Gasteiger partial charge in [0.2, 0.25) is 5.91 Å². The van der Waals surface area contributed by atoms with Crippen LogP contribution in [0, 0.1) is 11.6 Å². The van der Waals surface area contributed by atoms with Crippen LogP contribution >= 0.6 is 23.4 Å². The second-order valence-electron chi connectivity index (χ2n) is 7.64. The number of aliphatic imine (C=N–C) groups is 2. The van der Waals surface area contributed by atoms with Crippen molar-refractivity contribution in [3.8, 4) is 0 Å². The number of rotatable bonds is 4. The first kappa shape index (κ1) is 21.9. The second-order valence-corrected chi connectivity index (χ2v) is 9.01. The highest BCUT2D eigenvalue weighted by Crippen LogP contribution is 2.35. The van der Waals surface area contributed by atoms with Crippen LogP contribution in [0.1, 0.15) is 18.4 Å². The van der Waals surface area contributed by atoms with Crippen molar-refractivity contribution in [3.05, 3.63) is 64.7 Å². The SMILES string of the molecule is CN1CCC2(CC1)N=C(SCC(=O)Nc1ccc(F)c(Cl)c1)C(c1ccc(F)cc1)=N2. The zero-order valence-corrected chi connectivity index (χ0v) is 18.4. The van der Waals surface area contributed by atoms with Crippen LogP contribution in [0.4, 0.5) is 14.5 Å². The number of likely N-dealkylation sites (tertiary alicyclic amines) is 1. The lowest BCUT2D eigenvalue weighted by Crippen LogP contribution is -2.39. The molecule has 0 saturated carbocycles. The number of piperidine rings is 1. The molecule has 4 rings (SSSR count). The zero-order valence-electron chi connectivity index (χ0n) is 16.9. The average Bonchev–Trinajstić information content (AvgIpc) is 3.10. The Morgan fingerprint density at radius 2 is 1.87 bits per heavy atom. The highest BCUT2D eigenvalue weighted by atomic mass is 35.5. The molecule has 0 aliphatic carbocycles. The molecular formula is C22H21ClF2N4OS. The van der Waals surface area contributed by atoms with Gasteiger partial charge in [-0.05, 0) is 49.5 Å². The minimum Gasteiger partial charge on any atom is -0.325 e. The largest absolute Gasteiger partial charge is 0.325 e. The predicted octanol–water partition coefficient (Wildman–Crippen LogP) is 4.61. The Morgan fingerprint density at radius 1 is 1.16 bits per heavy atom. The van der Waals surface area contributed by atoms with E-state index in [-0.39, 0.29) is 22.5 Å². The lowest BCUT2D eigenvalue weighted by molar-refractivity contribution is -0.113. The molecule has 5 nitrogen and oxygen atoms in total. The molecule has 2 aliphatic rings. The molecule has 1 N–H and O–H groups in total. The Hall–Kier alpha value is -2.29. The number of benzene rings is 2. The Bertz CT molecular complexity index is 1050. The van der Waals surface area contributed by atoms with E-state index in [0.29, 0.717) is 16.4 Å². The van der Waals surface area contributed by atoms with Gasteiger partial charge in [0.1, 0.15) is 16.7 Å². The maximum atomic E-state index is 13.4. The summed E-state index contributed by atoms with van der Waals surface area (Å²) in [4.78, 5) is 24.5. The number of hydrogen-bond donors (Lipinski definition) is 1. The lowest BCUT2D eigenvalue weighted by Gasteiger charge is -2.33. The third kappa shape index (κ3) is 5.14. The maximum absolute atomic E-state index is 13.4. The topological polar surface area (TPSA) is 57.1 Å². The molecule has 1 saturated heterocycles. The Morgan fingerprint density at radius 3 is 2.55 bits per heavy atom. The third-order valence-corrected chi connectivity index (χ3v) is 6.54. The number of thioether (sulfide) groups is 1. The fraction of sp³-hybridized carbons (Fsp3) is 0.318. The number of amides is 1. The van der Waals surface area contributed by atoms with Crippen molar-refractivity contribution in [2.45, 2.75) is 18.5 Å². The first-order valence-electron chi connectivity index (χ1n) is 9.86. The summed E-state index contributed by atoms with van der Waals surface area (Å²) in [5.74, 6) is -1.03. The summed E-state index contributed by atoms with van der Waals surface area (Å²) in [6.45, 7) is 1.76. The molecule has 162 valence electrons. The first-order chi connectivity index (χ1) is 14.8. The third-order valence-electron chi connectivity index (χ3n) is 5.28. The molecule has 1 amide bonds. The van der Waals surface area contributed by atoms with E-state index in [4.69, 9.17) is 21.6 Å². The Labute approximate surface area is 188 Å². The van der Waals surface area contributed by atoms with Gasteiger partial charge in [-0.15, -0.1) is 0 Å². The normalized spacial score (nSPS) is 18.1. The van der Waals surface area contributed by atoms with Crippen LogP contribution in [-0.2, 0) is 4.79 Å². The molecule has 0 radical (unpaired) electrons. The van der Waals surface area contributed by atoms with Crippen molar-refractivity contribution in [1.29, 1.82) is 0 Å². The minimum atomic E-state index is -0.544. The summed E-state index contributed by atoms with van der Waals surface area (Å²) >= 11 is 7.06. The van der Waals surface area contributed by atoms with Gasteiger partial charge in [-0.3, -0.25) is 9.79 Å². The van der Waals surface area contributed by atoms with E-state index < -0.39 is 11.5 Å². The molecule has 2 aliphatic heterocycles. The molecule has 2 heterocycles. The molecule has 0 unspecified atom stereocenters. The summed E-state index contributed by atoms with van der Waals surface area (Å²) in [7, 11) is 2.07. The van der Waals surface area contributed by atoms with Crippen molar-refractivity contribution in [3.63, 3.8) is 0 Å². The van der Waals surface area contributed by atoms with E-state index in [1.54, 1.807) is 12.1 Å². The second kappa shape index (κ2) is 9.06. The Kier molecular flexibility index (Phi) is 6.41. The number of anilines is 1. The number of hydrogen-bond acceptors (Lipinski definition) is 5. The number of nitrogens with one attached hydrogen (secondary N) is 1. The van der Waals surface area contributed by atoms with E-state index in [0.717, 1.165) is 31.5 Å². The minimum absolute atomic E-state index is 0.0550. The van der Waals surface area contributed by atoms with E-state index in [9.17, 15) is 13.6 Å². The van der Waals surface area contributed by atoms with Crippen LogP contribution in [0.3, 0.4) is 0 Å². The van der Waals surface area contributed by atoms with Gasteiger partial charge >= 0.3 is 0 Å². The predicted molar refractivity (Wildman–Crippen MR) is 122 cm³/mol. The van der Waals surface area contributed by atoms with E-state index >= 15 is 0 Å². The van der Waals surface area contributed by atoms with Crippen LogP contribution < -0.4 is 5.32 Å². The quantitative estimate of drug-likeness (QED) is 0.721.